The van der Waals surface area contributed by atoms with Crippen molar-refractivity contribution in [3.8, 4) is 34.8 Å². The molecule has 41 heavy (non-hydrogen) atoms. The Labute approximate surface area is 236 Å². The molecule has 202 valence electrons. The van der Waals surface area contributed by atoms with Gasteiger partial charge in [0.05, 0.1) is 13.2 Å². The fourth-order valence-corrected chi connectivity index (χ4v) is 4.77. The van der Waals surface area contributed by atoms with Crippen molar-refractivity contribution in [2.45, 2.75) is 13.8 Å². The minimum absolute atomic E-state index is 0.0365. The van der Waals surface area contributed by atoms with Crippen LogP contribution in [-0.4, -0.2) is 31.9 Å². The first kappa shape index (κ1) is 27.0. The summed E-state index contributed by atoms with van der Waals surface area (Å²) in [5, 5.41) is 22.4. The summed E-state index contributed by atoms with van der Waals surface area (Å²) in [5.74, 6) is -0.0358. The Bertz CT molecular complexity index is 1720. The van der Waals surface area contributed by atoms with Crippen molar-refractivity contribution < 1.29 is 28.5 Å². The molecular weight excluding hydrogens is 520 g/mol. The van der Waals surface area contributed by atoms with Gasteiger partial charge in [-0.15, -0.1) is 0 Å². The van der Waals surface area contributed by atoms with Crippen LogP contribution in [0.1, 0.15) is 25.0 Å². The van der Waals surface area contributed by atoms with Gasteiger partial charge in [0.1, 0.15) is 34.8 Å². The number of benzene rings is 4. The van der Waals surface area contributed by atoms with Gasteiger partial charge in [-0.25, -0.2) is 9.59 Å². The second-order valence-electron chi connectivity index (χ2n) is 9.03. The van der Waals surface area contributed by atoms with Gasteiger partial charge >= 0.3 is 11.9 Å². The summed E-state index contributed by atoms with van der Waals surface area (Å²) in [4.78, 5) is 24.2. The van der Waals surface area contributed by atoms with Crippen molar-refractivity contribution in [3.05, 3.63) is 82.9 Å². The molecule has 0 N–H and O–H groups in total. The number of nitriles is 2. The highest BCUT2D eigenvalue weighted by atomic mass is 16.7. The van der Waals surface area contributed by atoms with Gasteiger partial charge in [0.2, 0.25) is 6.79 Å². The lowest BCUT2D eigenvalue weighted by Gasteiger charge is -2.14. The van der Waals surface area contributed by atoms with E-state index >= 15 is 0 Å². The van der Waals surface area contributed by atoms with Gasteiger partial charge in [0.15, 0.2) is 0 Å². The van der Waals surface area contributed by atoms with Crippen LogP contribution in [0.4, 0.5) is 0 Å². The maximum absolute atomic E-state index is 12.1. The summed E-state index contributed by atoms with van der Waals surface area (Å²) in [6.07, 6.45) is 3.01. The zero-order valence-corrected chi connectivity index (χ0v) is 22.4. The predicted molar refractivity (Wildman–Crippen MR) is 153 cm³/mol. The Hall–Kier alpha value is -5.60. The van der Waals surface area contributed by atoms with E-state index in [9.17, 15) is 20.1 Å². The molecule has 0 fully saturated rings. The van der Waals surface area contributed by atoms with E-state index in [1.165, 1.54) is 12.2 Å². The number of rotatable bonds is 6. The van der Waals surface area contributed by atoms with E-state index in [4.69, 9.17) is 18.9 Å². The molecule has 0 spiro atoms. The fourth-order valence-electron chi connectivity index (χ4n) is 4.77. The molecule has 4 aromatic rings. The number of hydrogen-bond donors (Lipinski definition) is 0. The average Bonchev–Trinajstić information content (AvgIpc) is 3.18. The molecule has 1 aliphatic heterocycles. The first-order valence-electron chi connectivity index (χ1n) is 12.9. The molecule has 8 nitrogen and oxygen atoms in total. The molecule has 0 bridgehead atoms. The van der Waals surface area contributed by atoms with Crippen LogP contribution in [0, 0.1) is 22.7 Å². The highest BCUT2D eigenvalue weighted by Gasteiger charge is 2.22. The topological polar surface area (TPSA) is 119 Å². The quantitative estimate of drug-likeness (QED) is 0.157. The predicted octanol–water partition coefficient (Wildman–Crippen LogP) is 6.33. The normalized spacial score (nSPS) is 12.6. The smallest absolute Gasteiger partial charge is 0.348 e. The first-order chi connectivity index (χ1) is 20.0. The van der Waals surface area contributed by atoms with Crippen molar-refractivity contribution in [3.63, 3.8) is 0 Å². The lowest BCUT2D eigenvalue weighted by Crippen LogP contribution is -2.05. The zero-order chi connectivity index (χ0) is 28.9. The molecule has 0 amide bonds. The number of ether oxygens (including phenoxy) is 4. The van der Waals surface area contributed by atoms with E-state index < -0.39 is 11.9 Å². The molecule has 8 heteroatoms. The van der Waals surface area contributed by atoms with E-state index in [-0.39, 0.29) is 31.2 Å². The third-order valence-electron chi connectivity index (χ3n) is 6.54. The summed E-state index contributed by atoms with van der Waals surface area (Å²) in [5.41, 5.74) is 2.88. The number of carbonyl (C=O) groups excluding carboxylic acids is 2. The van der Waals surface area contributed by atoms with Gasteiger partial charge in [-0.1, -0.05) is 36.4 Å². The Morgan fingerprint density at radius 3 is 1.56 bits per heavy atom. The molecule has 1 heterocycles. The lowest BCUT2D eigenvalue weighted by molar-refractivity contribution is -0.138. The minimum Gasteiger partial charge on any atom is -0.462 e. The zero-order valence-electron chi connectivity index (χ0n) is 22.4. The van der Waals surface area contributed by atoms with E-state index in [1.54, 1.807) is 13.8 Å². The number of hydrogen-bond acceptors (Lipinski definition) is 8. The Morgan fingerprint density at radius 2 is 1.17 bits per heavy atom. The molecule has 5 rings (SSSR count). The number of carbonyl (C=O) groups is 2. The molecule has 1 aliphatic rings. The summed E-state index contributed by atoms with van der Waals surface area (Å²) in [7, 11) is 0. The Balaban J connectivity index is 1.66. The number of nitrogens with zero attached hydrogens (tertiary/aromatic N) is 2. The molecule has 0 unspecified atom stereocenters. The third-order valence-corrected chi connectivity index (χ3v) is 6.54. The number of esters is 2. The van der Waals surface area contributed by atoms with Gasteiger partial charge in [-0.2, -0.15) is 10.5 Å². The van der Waals surface area contributed by atoms with E-state index in [1.807, 2.05) is 72.8 Å². The van der Waals surface area contributed by atoms with Crippen LogP contribution in [-0.2, 0) is 19.1 Å². The molecule has 4 aromatic carbocycles. The van der Waals surface area contributed by atoms with Crippen LogP contribution in [0.5, 0.6) is 11.5 Å². The van der Waals surface area contributed by atoms with Gasteiger partial charge < -0.3 is 18.9 Å². The van der Waals surface area contributed by atoms with Crippen molar-refractivity contribution in [2.24, 2.45) is 0 Å². The second-order valence-corrected chi connectivity index (χ2v) is 9.03. The average molecular weight is 545 g/mol. The molecule has 0 aliphatic carbocycles. The van der Waals surface area contributed by atoms with Gasteiger partial charge in [0, 0.05) is 11.1 Å². The largest absolute Gasteiger partial charge is 0.462 e. The highest BCUT2D eigenvalue weighted by molar-refractivity contribution is 6.11. The summed E-state index contributed by atoms with van der Waals surface area (Å²) >= 11 is 0. The highest BCUT2D eigenvalue weighted by Crippen LogP contribution is 2.47. The molecular formula is C33H24N2O6. The molecule has 0 atom stereocenters. The summed E-state index contributed by atoms with van der Waals surface area (Å²) in [6, 6.07) is 22.7. The maximum Gasteiger partial charge on any atom is 0.348 e. The van der Waals surface area contributed by atoms with Gasteiger partial charge in [0.25, 0.3) is 0 Å². The fraction of sp³-hybridized carbons (Fsp3) is 0.152. The van der Waals surface area contributed by atoms with E-state index in [0.717, 1.165) is 32.7 Å². The molecule has 0 saturated carbocycles. The molecule has 0 aromatic heterocycles. The van der Waals surface area contributed by atoms with Crippen LogP contribution >= 0.6 is 0 Å². The number of fused-ring (bicyclic) bond motifs is 7. The van der Waals surface area contributed by atoms with Gasteiger partial charge in [-0.05, 0) is 82.9 Å². The van der Waals surface area contributed by atoms with Crippen LogP contribution in [0.25, 0.3) is 44.8 Å². The summed E-state index contributed by atoms with van der Waals surface area (Å²) < 4.78 is 21.9. The van der Waals surface area contributed by atoms with E-state index in [0.29, 0.717) is 22.6 Å². The summed E-state index contributed by atoms with van der Waals surface area (Å²) in [6.45, 7) is 3.77. The molecule has 0 saturated heterocycles. The van der Waals surface area contributed by atoms with Crippen molar-refractivity contribution in [2.75, 3.05) is 20.0 Å². The van der Waals surface area contributed by atoms with Crippen molar-refractivity contribution >= 4 is 45.6 Å². The molecule has 0 radical (unpaired) electrons. The van der Waals surface area contributed by atoms with Crippen molar-refractivity contribution in [1.29, 1.82) is 10.5 Å². The Morgan fingerprint density at radius 1 is 0.732 bits per heavy atom. The van der Waals surface area contributed by atoms with Crippen LogP contribution < -0.4 is 9.47 Å². The SMILES string of the molecule is CCOC(=O)/C(C#N)=C/c1ccc2c3c(ccc2c1)OCOc1ccc2cc(/C=C(\C#N)C(=O)OCC)ccc2c1-3. The third kappa shape index (κ3) is 5.32. The first-order valence-corrected chi connectivity index (χ1v) is 12.9. The van der Waals surface area contributed by atoms with Crippen LogP contribution in [0.15, 0.2) is 71.8 Å². The van der Waals surface area contributed by atoms with Crippen molar-refractivity contribution in [1.82, 2.24) is 0 Å². The minimum atomic E-state index is -0.665. The van der Waals surface area contributed by atoms with Crippen LogP contribution in [0.2, 0.25) is 0 Å². The van der Waals surface area contributed by atoms with Crippen LogP contribution in [0.3, 0.4) is 0 Å². The van der Waals surface area contributed by atoms with Gasteiger partial charge in [-0.3, -0.25) is 0 Å². The lowest BCUT2D eigenvalue weighted by atomic mass is 9.91. The Kier molecular flexibility index (Phi) is 7.67. The second kappa shape index (κ2) is 11.6. The maximum atomic E-state index is 12.1. The van der Waals surface area contributed by atoms with E-state index in [2.05, 4.69) is 0 Å². The monoisotopic (exact) mass is 544 g/mol. The standard InChI is InChI=1S/C33H24N2O6/c1-3-38-32(36)24(17-34)15-20-5-9-26-22(13-20)7-11-28-30(26)31-27-10-6-21(16-25(18-35)33(37)39-4-2)14-23(27)8-12-29(31)41-19-40-28/h5-16H,3-4,19H2,1-2H3/b24-15+,25-16+.